The second-order valence-corrected chi connectivity index (χ2v) is 4.78. The van der Waals surface area contributed by atoms with Crippen molar-refractivity contribution in [1.82, 2.24) is 10.5 Å². The van der Waals surface area contributed by atoms with Crippen molar-refractivity contribution < 1.29 is 4.74 Å². The topological polar surface area (TPSA) is 111 Å². The normalized spacial score (nSPS) is 11.1. The molecule has 0 saturated carbocycles. The first-order valence-corrected chi connectivity index (χ1v) is 6.83. The number of aromatic nitrogens is 1. The van der Waals surface area contributed by atoms with E-state index in [0.717, 1.165) is 11.3 Å². The van der Waals surface area contributed by atoms with Gasteiger partial charge in [-0.05, 0) is 29.8 Å². The van der Waals surface area contributed by atoms with Crippen LogP contribution in [0.15, 0.2) is 41.5 Å². The van der Waals surface area contributed by atoms with Gasteiger partial charge in [-0.15, -0.1) is 5.10 Å². The van der Waals surface area contributed by atoms with Crippen LogP contribution in [0.1, 0.15) is 11.1 Å². The van der Waals surface area contributed by atoms with E-state index in [1.54, 1.807) is 19.2 Å². The average Bonchev–Trinajstić information content (AvgIpc) is 2.53. The Morgan fingerprint density at radius 1 is 1.32 bits per heavy atom. The number of ether oxygens (including phenoxy) is 1. The van der Waals surface area contributed by atoms with E-state index in [4.69, 9.17) is 27.9 Å². The molecule has 0 aliphatic rings. The fourth-order valence-electron chi connectivity index (χ4n) is 1.81. The molecule has 0 aliphatic carbocycles. The van der Waals surface area contributed by atoms with Gasteiger partial charge in [0.05, 0.1) is 7.11 Å². The lowest BCUT2D eigenvalue weighted by molar-refractivity contribution is 0.414. The summed E-state index contributed by atoms with van der Waals surface area (Å²) in [6.07, 6.45) is 0. The van der Waals surface area contributed by atoms with Gasteiger partial charge < -0.3 is 15.8 Å². The standard InChI is InChI=1S/C14H17ClN6O/c1-22-11-4-2-9(3-5-11)8-18-13-7-10(6-12(15)19-13)14(16)20-21-17/h2-7,21H,8,17H2,1H3,(H2,16,20)(H,18,19). The van der Waals surface area contributed by atoms with Gasteiger partial charge in [-0.25, -0.2) is 16.4 Å². The molecule has 7 nitrogen and oxygen atoms in total. The predicted octanol–water partition coefficient (Wildman–Crippen LogP) is 1.44. The molecular weight excluding hydrogens is 304 g/mol. The molecule has 2 rings (SSSR count). The minimum atomic E-state index is 0.222. The minimum Gasteiger partial charge on any atom is -0.497 e. The maximum atomic E-state index is 5.99. The summed E-state index contributed by atoms with van der Waals surface area (Å²) in [6, 6.07) is 11.1. The molecule has 8 heteroatoms. The maximum absolute atomic E-state index is 5.99. The van der Waals surface area contributed by atoms with E-state index in [1.165, 1.54) is 0 Å². The summed E-state index contributed by atoms with van der Waals surface area (Å²) in [4.78, 5) is 4.19. The lowest BCUT2D eigenvalue weighted by atomic mass is 10.2. The first-order valence-electron chi connectivity index (χ1n) is 6.46. The molecule has 0 radical (unpaired) electrons. The van der Waals surface area contributed by atoms with Gasteiger partial charge >= 0.3 is 0 Å². The Labute approximate surface area is 133 Å². The van der Waals surface area contributed by atoms with E-state index in [9.17, 15) is 0 Å². The fraction of sp³-hybridized carbons (Fsp3) is 0.143. The fourth-order valence-corrected chi connectivity index (χ4v) is 2.01. The lowest BCUT2D eigenvalue weighted by Gasteiger charge is -2.09. The van der Waals surface area contributed by atoms with Crippen LogP contribution >= 0.6 is 11.6 Å². The monoisotopic (exact) mass is 320 g/mol. The molecule has 6 N–H and O–H groups in total. The number of hydrazone groups is 1. The lowest BCUT2D eigenvalue weighted by Crippen LogP contribution is -2.23. The number of hydrazine groups is 1. The third kappa shape index (κ3) is 4.24. The van der Waals surface area contributed by atoms with E-state index in [-0.39, 0.29) is 5.84 Å². The van der Waals surface area contributed by atoms with Crippen molar-refractivity contribution in [1.29, 1.82) is 0 Å². The predicted molar refractivity (Wildman–Crippen MR) is 87.6 cm³/mol. The number of benzene rings is 1. The van der Waals surface area contributed by atoms with Crippen LogP contribution in [0.4, 0.5) is 5.82 Å². The van der Waals surface area contributed by atoms with Crippen LogP contribution in [0, 0.1) is 0 Å². The summed E-state index contributed by atoms with van der Waals surface area (Å²) in [5, 5.41) is 7.20. The molecule has 116 valence electrons. The second-order valence-electron chi connectivity index (χ2n) is 4.39. The summed E-state index contributed by atoms with van der Waals surface area (Å²) in [7, 11) is 1.63. The van der Waals surface area contributed by atoms with E-state index >= 15 is 0 Å². The number of nitrogens with zero attached hydrogens (tertiary/aromatic N) is 2. The highest BCUT2D eigenvalue weighted by Gasteiger charge is 2.05. The van der Waals surface area contributed by atoms with Gasteiger partial charge in [0.2, 0.25) is 0 Å². The van der Waals surface area contributed by atoms with Crippen LogP contribution in [0.5, 0.6) is 5.75 Å². The molecule has 0 fully saturated rings. The third-order valence-electron chi connectivity index (χ3n) is 2.91. The highest BCUT2D eigenvalue weighted by Crippen LogP contribution is 2.16. The van der Waals surface area contributed by atoms with Crippen LogP contribution in [-0.2, 0) is 6.54 Å². The Kier molecular flexibility index (Phi) is 5.40. The minimum absolute atomic E-state index is 0.222. The molecule has 0 aliphatic heterocycles. The zero-order chi connectivity index (χ0) is 15.9. The smallest absolute Gasteiger partial charge is 0.152 e. The molecular formula is C14H17ClN6O. The number of nitrogens with one attached hydrogen (secondary N) is 2. The largest absolute Gasteiger partial charge is 0.497 e. The van der Waals surface area contributed by atoms with Crippen molar-refractivity contribution in [2.75, 3.05) is 12.4 Å². The third-order valence-corrected chi connectivity index (χ3v) is 3.10. The molecule has 1 heterocycles. The van der Waals surface area contributed by atoms with Crippen LogP contribution in [0.2, 0.25) is 5.15 Å². The molecule has 2 aromatic rings. The highest BCUT2D eigenvalue weighted by atomic mass is 35.5. The van der Waals surface area contributed by atoms with Gasteiger partial charge in [0.25, 0.3) is 0 Å². The molecule has 22 heavy (non-hydrogen) atoms. The number of anilines is 1. The van der Waals surface area contributed by atoms with Gasteiger partial charge in [-0.2, -0.15) is 0 Å². The Balaban J connectivity index is 2.10. The Bertz CT molecular complexity index is 659. The molecule has 0 unspecified atom stereocenters. The second kappa shape index (κ2) is 7.48. The van der Waals surface area contributed by atoms with E-state index in [1.807, 2.05) is 24.3 Å². The number of pyridine rings is 1. The summed E-state index contributed by atoms with van der Waals surface area (Å²) in [5.74, 6) is 6.73. The first kappa shape index (κ1) is 15.9. The number of hydrogen-bond acceptors (Lipinski definition) is 6. The molecule has 0 amide bonds. The van der Waals surface area contributed by atoms with Gasteiger partial charge in [0.1, 0.15) is 16.7 Å². The van der Waals surface area contributed by atoms with Gasteiger partial charge in [0, 0.05) is 12.1 Å². The zero-order valence-corrected chi connectivity index (χ0v) is 12.8. The van der Waals surface area contributed by atoms with Crippen molar-refractivity contribution in [3.05, 3.63) is 52.7 Å². The molecule has 0 saturated heterocycles. The Morgan fingerprint density at radius 3 is 2.68 bits per heavy atom. The summed E-state index contributed by atoms with van der Waals surface area (Å²) >= 11 is 5.99. The Morgan fingerprint density at radius 2 is 2.05 bits per heavy atom. The van der Waals surface area contributed by atoms with E-state index in [2.05, 4.69) is 20.9 Å². The SMILES string of the molecule is COc1ccc(CNc2cc(/C(N)=N/NN)cc(Cl)n2)cc1. The average molecular weight is 321 g/mol. The number of nitrogens with two attached hydrogens (primary N) is 2. The number of rotatable bonds is 6. The zero-order valence-electron chi connectivity index (χ0n) is 12.0. The molecule has 1 aromatic carbocycles. The first-order chi connectivity index (χ1) is 10.6. The summed E-state index contributed by atoms with van der Waals surface area (Å²) < 4.78 is 5.12. The maximum Gasteiger partial charge on any atom is 0.152 e. The van der Waals surface area contributed by atoms with Crippen molar-refractivity contribution in [3.8, 4) is 5.75 Å². The number of methoxy groups -OCH3 is 1. The van der Waals surface area contributed by atoms with Crippen molar-refractivity contribution in [2.45, 2.75) is 6.54 Å². The molecule has 0 atom stereocenters. The molecule has 0 spiro atoms. The number of halogens is 1. The van der Waals surface area contributed by atoms with Crippen LogP contribution in [-0.4, -0.2) is 17.9 Å². The highest BCUT2D eigenvalue weighted by molar-refractivity contribution is 6.30. The quantitative estimate of drug-likeness (QED) is 0.211. The van der Waals surface area contributed by atoms with Gasteiger partial charge in [-0.3, -0.25) is 0 Å². The number of hydrogen-bond donors (Lipinski definition) is 4. The van der Waals surface area contributed by atoms with Crippen LogP contribution in [0.25, 0.3) is 0 Å². The Hall–Kier alpha value is -2.51. The van der Waals surface area contributed by atoms with Gasteiger partial charge in [-0.1, -0.05) is 23.7 Å². The number of amidine groups is 1. The van der Waals surface area contributed by atoms with Crippen LogP contribution in [0.3, 0.4) is 0 Å². The van der Waals surface area contributed by atoms with Gasteiger partial charge in [0.15, 0.2) is 5.84 Å². The molecule has 1 aromatic heterocycles. The van der Waals surface area contributed by atoms with Crippen LogP contribution < -0.4 is 27.2 Å². The van der Waals surface area contributed by atoms with E-state index in [0.29, 0.717) is 23.1 Å². The van der Waals surface area contributed by atoms with E-state index < -0.39 is 0 Å². The molecule has 0 bridgehead atoms. The van der Waals surface area contributed by atoms with Crippen molar-refractivity contribution in [3.63, 3.8) is 0 Å². The van der Waals surface area contributed by atoms with Crippen molar-refractivity contribution in [2.24, 2.45) is 16.7 Å². The summed E-state index contributed by atoms with van der Waals surface area (Å²) in [6.45, 7) is 0.586. The summed E-state index contributed by atoms with van der Waals surface area (Å²) in [5.41, 5.74) is 9.60. The van der Waals surface area contributed by atoms with Crippen molar-refractivity contribution >= 4 is 23.3 Å².